The number of hydrogen-bond donors (Lipinski definition) is 2. The second-order valence-electron chi connectivity index (χ2n) is 6.67. The Hall–Kier alpha value is -2.99. The minimum absolute atomic E-state index is 0.0392. The van der Waals surface area contributed by atoms with Crippen molar-refractivity contribution in [2.24, 2.45) is 0 Å². The number of phenolic OH excluding ortho intramolecular Hbond substituents is 1. The van der Waals surface area contributed by atoms with Gasteiger partial charge in [0.15, 0.2) is 11.5 Å². The number of ether oxygens (including phenoxy) is 1. The average molecular weight is 545 g/mol. The van der Waals surface area contributed by atoms with Gasteiger partial charge in [-0.25, -0.2) is 0 Å². The number of alkyl halides is 3. The monoisotopic (exact) mass is 544 g/mol. The molecule has 0 atom stereocenters. The quantitative estimate of drug-likeness (QED) is 0.482. The molecule has 0 aliphatic carbocycles. The summed E-state index contributed by atoms with van der Waals surface area (Å²) in [6.07, 6.45) is -3.30. The standard InChI is InChI=1S/C21H16BrF3N2O5S/c1-2-32-15-9-13(22)6-11(18(15)29)7-16-19(30)27(20(31)33-16)10-17(28)26-14-5-3-4-12(8-14)21(23,24)25/h3-9,29H,2,10H2,1H3,(H,26,28)/b16-7-. The van der Waals surface area contributed by atoms with Gasteiger partial charge >= 0.3 is 6.18 Å². The van der Waals surface area contributed by atoms with Gasteiger partial charge in [-0.15, -0.1) is 0 Å². The SMILES string of the molecule is CCOc1cc(Br)cc(/C=C2\SC(=O)N(CC(=O)Nc3cccc(C(F)(F)F)c3)C2=O)c1O. The molecule has 2 N–H and O–H groups in total. The molecule has 1 fully saturated rings. The molecule has 3 amide bonds. The molecule has 1 aliphatic rings. The lowest BCUT2D eigenvalue weighted by molar-refractivity contribution is -0.137. The van der Waals surface area contributed by atoms with E-state index in [9.17, 15) is 32.7 Å². The van der Waals surface area contributed by atoms with E-state index in [4.69, 9.17) is 4.74 Å². The molecule has 33 heavy (non-hydrogen) atoms. The molecule has 0 radical (unpaired) electrons. The van der Waals surface area contributed by atoms with Crippen molar-refractivity contribution in [2.45, 2.75) is 13.1 Å². The molecule has 1 heterocycles. The van der Waals surface area contributed by atoms with Gasteiger partial charge in [-0.2, -0.15) is 13.2 Å². The number of halogens is 4. The molecular weight excluding hydrogens is 529 g/mol. The van der Waals surface area contributed by atoms with Crippen LogP contribution in [0.4, 0.5) is 23.7 Å². The maximum Gasteiger partial charge on any atom is 0.416 e. The van der Waals surface area contributed by atoms with Gasteiger partial charge < -0.3 is 15.2 Å². The third-order valence-electron chi connectivity index (χ3n) is 4.30. The fourth-order valence-electron chi connectivity index (χ4n) is 2.86. The van der Waals surface area contributed by atoms with Gasteiger partial charge in [-0.05, 0) is 55.1 Å². The molecule has 0 unspecified atom stereocenters. The molecule has 0 saturated carbocycles. The number of hydrogen-bond acceptors (Lipinski definition) is 6. The van der Waals surface area contributed by atoms with E-state index < -0.39 is 35.3 Å². The van der Waals surface area contributed by atoms with Crippen LogP contribution >= 0.6 is 27.7 Å². The maximum absolute atomic E-state index is 12.8. The number of carbonyl (C=O) groups is 3. The van der Waals surface area contributed by atoms with Crippen LogP contribution in [0.25, 0.3) is 6.08 Å². The fourth-order valence-corrected chi connectivity index (χ4v) is 4.15. The molecule has 12 heteroatoms. The van der Waals surface area contributed by atoms with Crippen LogP contribution in [0.3, 0.4) is 0 Å². The van der Waals surface area contributed by atoms with Crippen molar-refractivity contribution < 1.29 is 37.4 Å². The lowest BCUT2D eigenvalue weighted by Gasteiger charge is -2.13. The summed E-state index contributed by atoms with van der Waals surface area (Å²) < 4.78 is 44.4. The number of thioether (sulfide) groups is 1. The van der Waals surface area contributed by atoms with Crippen LogP contribution in [-0.2, 0) is 15.8 Å². The van der Waals surface area contributed by atoms with Crippen molar-refractivity contribution in [2.75, 3.05) is 18.5 Å². The van der Waals surface area contributed by atoms with E-state index in [1.54, 1.807) is 13.0 Å². The Morgan fingerprint density at radius 3 is 2.67 bits per heavy atom. The molecule has 174 valence electrons. The van der Waals surface area contributed by atoms with Crippen LogP contribution in [0.1, 0.15) is 18.1 Å². The van der Waals surface area contributed by atoms with E-state index in [2.05, 4.69) is 21.2 Å². The number of rotatable bonds is 6. The minimum atomic E-state index is -4.59. The van der Waals surface area contributed by atoms with Crippen molar-refractivity contribution >= 4 is 56.5 Å². The molecule has 3 rings (SSSR count). The van der Waals surface area contributed by atoms with E-state index in [0.717, 1.165) is 18.2 Å². The van der Waals surface area contributed by atoms with Crippen molar-refractivity contribution in [3.63, 3.8) is 0 Å². The van der Waals surface area contributed by atoms with Crippen LogP contribution in [0.2, 0.25) is 0 Å². The van der Waals surface area contributed by atoms with Crippen molar-refractivity contribution in [1.82, 2.24) is 4.90 Å². The lowest BCUT2D eigenvalue weighted by atomic mass is 10.1. The fraction of sp³-hybridized carbons (Fsp3) is 0.190. The molecular formula is C21H16BrF3N2O5S. The van der Waals surface area contributed by atoms with Crippen molar-refractivity contribution in [3.8, 4) is 11.5 Å². The average Bonchev–Trinajstić information content (AvgIpc) is 2.98. The Morgan fingerprint density at radius 1 is 1.27 bits per heavy atom. The normalized spacial score (nSPS) is 15.3. The third kappa shape index (κ3) is 5.88. The third-order valence-corrected chi connectivity index (χ3v) is 5.67. The summed E-state index contributed by atoms with van der Waals surface area (Å²) in [7, 11) is 0. The summed E-state index contributed by atoms with van der Waals surface area (Å²) in [6.45, 7) is 1.34. The van der Waals surface area contributed by atoms with Gasteiger partial charge in [0.2, 0.25) is 5.91 Å². The van der Waals surface area contributed by atoms with Crippen molar-refractivity contribution in [3.05, 3.63) is 56.9 Å². The first kappa shape index (κ1) is 24.6. The number of carbonyl (C=O) groups excluding carboxylic acids is 3. The maximum atomic E-state index is 12.8. The van der Waals surface area contributed by atoms with E-state index in [1.165, 1.54) is 18.2 Å². The molecule has 0 bridgehead atoms. The van der Waals surface area contributed by atoms with Crippen LogP contribution in [0.15, 0.2) is 45.8 Å². The number of aromatic hydroxyl groups is 1. The predicted octanol–water partition coefficient (Wildman–Crippen LogP) is 5.25. The Balaban J connectivity index is 1.75. The van der Waals surface area contributed by atoms with Crippen LogP contribution in [0.5, 0.6) is 11.5 Å². The number of nitrogens with zero attached hydrogens (tertiary/aromatic N) is 1. The molecule has 0 aromatic heterocycles. The summed E-state index contributed by atoms with van der Waals surface area (Å²) in [5.74, 6) is -1.67. The number of benzene rings is 2. The summed E-state index contributed by atoms with van der Waals surface area (Å²) in [5.41, 5.74) is -0.860. The molecule has 0 spiro atoms. The van der Waals surface area contributed by atoms with E-state index in [1.807, 2.05) is 0 Å². The highest BCUT2D eigenvalue weighted by molar-refractivity contribution is 9.10. The summed E-state index contributed by atoms with van der Waals surface area (Å²) in [6, 6.07) is 7.05. The Kier molecular flexibility index (Phi) is 7.38. The van der Waals surface area contributed by atoms with E-state index >= 15 is 0 Å². The van der Waals surface area contributed by atoms with Gasteiger partial charge in [0.25, 0.3) is 11.1 Å². The number of phenols is 1. The van der Waals surface area contributed by atoms with E-state index in [0.29, 0.717) is 27.7 Å². The Labute approximate surface area is 198 Å². The zero-order valence-corrected chi connectivity index (χ0v) is 19.3. The molecule has 1 saturated heterocycles. The topological polar surface area (TPSA) is 95.9 Å². The zero-order valence-electron chi connectivity index (χ0n) is 16.9. The zero-order chi connectivity index (χ0) is 24.3. The summed E-state index contributed by atoms with van der Waals surface area (Å²) in [5, 5.41) is 11.9. The van der Waals surface area contributed by atoms with Crippen LogP contribution in [-0.4, -0.2) is 40.2 Å². The second kappa shape index (κ2) is 9.87. The summed E-state index contributed by atoms with van der Waals surface area (Å²) >= 11 is 3.84. The van der Waals surface area contributed by atoms with Gasteiger partial charge in [0, 0.05) is 15.7 Å². The van der Waals surface area contributed by atoms with Gasteiger partial charge in [0.05, 0.1) is 17.1 Å². The molecule has 1 aliphatic heterocycles. The minimum Gasteiger partial charge on any atom is -0.504 e. The van der Waals surface area contributed by atoms with Gasteiger partial charge in [-0.1, -0.05) is 22.0 Å². The Bertz CT molecular complexity index is 1150. The van der Waals surface area contributed by atoms with E-state index in [-0.39, 0.29) is 27.7 Å². The molecule has 2 aromatic rings. The highest BCUT2D eigenvalue weighted by atomic mass is 79.9. The highest BCUT2D eigenvalue weighted by Crippen LogP contribution is 2.39. The Morgan fingerprint density at radius 2 is 2.00 bits per heavy atom. The van der Waals surface area contributed by atoms with Gasteiger partial charge in [-0.3, -0.25) is 19.3 Å². The first-order valence-electron chi connectivity index (χ1n) is 9.37. The van der Waals surface area contributed by atoms with Crippen molar-refractivity contribution in [1.29, 1.82) is 0 Å². The lowest BCUT2D eigenvalue weighted by Crippen LogP contribution is -2.36. The largest absolute Gasteiger partial charge is 0.504 e. The number of amides is 3. The van der Waals surface area contributed by atoms with Crippen LogP contribution in [0, 0.1) is 0 Å². The molecule has 7 nitrogen and oxygen atoms in total. The predicted molar refractivity (Wildman–Crippen MR) is 120 cm³/mol. The van der Waals surface area contributed by atoms with Crippen LogP contribution < -0.4 is 10.1 Å². The number of imide groups is 1. The van der Waals surface area contributed by atoms with Gasteiger partial charge in [0.1, 0.15) is 6.54 Å². The smallest absolute Gasteiger partial charge is 0.416 e. The summed E-state index contributed by atoms with van der Waals surface area (Å²) in [4.78, 5) is 37.8. The first-order chi connectivity index (χ1) is 15.5. The highest BCUT2D eigenvalue weighted by Gasteiger charge is 2.37. The number of nitrogens with one attached hydrogen (secondary N) is 1. The second-order valence-corrected chi connectivity index (χ2v) is 8.58. The first-order valence-corrected chi connectivity index (χ1v) is 11.0. The number of anilines is 1. The molecule has 2 aromatic carbocycles.